The molecule has 208 valence electrons. The zero-order chi connectivity index (χ0) is 28.4. The molecule has 10 nitrogen and oxygen atoms in total. The summed E-state index contributed by atoms with van der Waals surface area (Å²) in [6.07, 6.45) is 4.71. The number of benzene rings is 1. The van der Waals surface area contributed by atoms with Gasteiger partial charge in [-0.15, -0.1) is 0 Å². The summed E-state index contributed by atoms with van der Waals surface area (Å²) < 4.78 is 41.2. The van der Waals surface area contributed by atoms with E-state index in [1.165, 1.54) is 18.5 Å². The first-order chi connectivity index (χ1) is 19.2. The van der Waals surface area contributed by atoms with Crippen molar-refractivity contribution >= 4 is 23.3 Å². The Morgan fingerprint density at radius 1 is 1.15 bits per heavy atom. The summed E-state index contributed by atoms with van der Waals surface area (Å²) in [5.74, 6) is -1.68. The fraction of sp³-hybridized carbons (Fsp3) is 0.321. The van der Waals surface area contributed by atoms with E-state index in [9.17, 15) is 18.4 Å². The lowest BCUT2D eigenvalue weighted by Crippen LogP contribution is -2.25. The molecule has 1 saturated carbocycles. The monoisotopic (exact) mass is 550 g/mol. The van der Waals surface area contributed by atoms with E-state index in [0.29, 0.717) is 40.9 Å². The van der Waals surface area contributed by atoms with Crippen LogP contribution in [-0.4, -0.2) is 45.1 Å². The molecule has 0 radical (unpaired) electrons. The second-order valence-electron chi connectivity index (χ2n) is 9.67. The molecular formula is C28H28F2N6O4. The van der Waals surface area contributed by atoms with Crippen LogP contribution in [0.1, 0.15) is 47.8 Å². The Morgan fingerprint density at radius 3 is 2.65 bits per heavy atom. The predicted molar refractivity (Wildman–Crippen MR) is 142 cm³/mol. The topological polar surface area (TPSA) is 120 Å². The van der Waals surface area contributed by atoms with Crippen molar-refractivity contribution < 1.29 is 27.8 Å². The number of methoxy groups -OCH3 is 1. The first-order valence-corrected chi connectivity index (χ1v) is 12.8. The summed E-state index contributed by atoms with van der Waals surface area (Å²) >= 11 is 0. The molecule has 2 N–H and O–H groups in total. The number of amides is 2. The number of anilines is 1. The highest BCUT2D eigenvalue weighted by Crippen LogP contribution is 2.31. The molecule has 0 saturated heterocycles. The molecule has 1 fully saturated rings. The molecule has 40 heavy (non-hydrogen) atoms. The fourth-order valence-corrected chi connectivity index (χ4v) is 4.47. The summed E-state index contributed by atoms with van der Waals surface area (Å²) in [6.45, 7) is 3.30. The molecule has 0 aliphatic heterocycles. The smallest absolute Gasteiger partial charge is 0.257 e. The van der Waals surface area contributed by atoms with Crippen molar-refractivity contribution in [2.24, 2.45) is 5.92 Å². The highest BCUT2D eigenvalue weighted by molar-refractivity contribution is 5.97. The number of nitrogens with one attached hydrogen (secondary N) is 2. The van der Waals surface area contributed by atoms with Crippen LogP contribution in [0.4, 0.5) is 14.6 Å². The first kappa shape index (κ1) is 27.0. The number of nitrogens with zero attached hydrogens (tertiary/aromatic N) is 4. The normalized spacial score (nSPS) is 13.1. The van der Waals surface area contributed by atoms with E-state index in [4.69, 9.17) is 9.47 Å². The van der Waals surface area contributed by atoms with Crippen molar-refractivity contribution in [2.75, 3.05) is 19.0 Å². The zero-order valence-electron chi connectivity index (χ0n) is 22.3. The fourth-order valence-electron chi connectivity index (χ4n) is 4.47. The van der Waals surface area contributed by atoms with Gasteiger partial charge < -0.3 is 20.1 Å². The van der Waals surface area contributed by atoms with Gasteiger partial charge in [-0.2, -0.15) is 5.10 Å². The number of imidazole rings is 1. The van der Waals surface area contributed by atoms with Crippen LogP contribution in [0.2, 0.25) is 0 Å². The third-order valence-corrected chi connectivity index (χ3v) is 6.73. The van der Waals surface area contributed by atoms with Gasteiger partial charge in [-0.05, 0) is 49.9 Å². The quantitative estimate of drug-likeness (QED) is 0.316. The molecule has 1 aliphatic carbocycles. The Kier molecular flexibility index (Phi) is 7.58. The number of carbonyl (C=O) groups is 2. The molecule has 0 atom stereocenters. The summed E-state index contributed by atoms with van der Waals surface area (Å²) in [4.78, 5) is 33.4. The molecule has 0 spiro atoms. The van der Waals surface area contributed by atoms with E-state index in [1.54, 1.807) is 31.3 Å². The molecule has 5 rings (SSSR count). The number of pyridine rings is 1. The maximum absolute atomic E-state index is 14.6. The van der Waals surface area contributed by atoms with E-state index in [1.807, 2.05) is 0 Å². The van der Waals surface area contributed by atoms with Crippen LogP contribution in [0.15, 0.2) is 36.5 Å². The number of fused-ring (bicyclic) bond motifs is 1. The lowest BCUT2D eigenvalue weighted by atomic mass is 9.86. The molecule has 0 bridgehead atoms. The van der Waals surface area contributed by atoms with Crippen molar-refractivity contribution in [1.82, 2.24) is 24.9 Å². The van der Waals surface area contributed by atoms with Gasteiger partial charge >= 0.3 is 0 Å². The number of rotatable bonds is 9. The Labute approximate surface area is 228 Å². The Balaban J connectivity index is 1.40. The van der Waals surface area contributed by atoms with Crippen LogP contribution in [0.3, 0.4) is 0 Å². The zero-order valence-corrected chi connectivity index (χ0v) is 22.3. The maximum atomic E-state index is 14.6. The van der Waals surface area contributed by atoms with E-state index in [2.05, 4.69) is 25.7 Å². The minimum Gasteiger partial charge on any atom is -0.490 e. The minimum absolute atomic E-state index is 0.0697. The molecular weight excluding hydrogens is 522 g/mol. The van der Waals surface area contributed by atoms with E-state index < -0.39 is 17.5 Å². The molecule has 1 aliphatic rings. The summed E-state index contributed by atoms with van der Waals surface area (Å²) in [6, 6.07) is 6.95. The summed E-state index contributed by atoms with van der Waals surface area (Å²) in [5, 5.41) is 9.87. The number of carbonyl (C=O) groups excluding carboxylic acids is 2. The third-order valence-electron chi connectivity index (χ3n) is 6.73. The Hall–Kier alpha value is -4.61. The van der Waals surface area contributed by atoms with Crippen molar-refractivity contribution in [3.8, 4) is 22.9 Å². The largest absolute Gasteiger partial charge is 0.490 e. The SMILES string of the molecule is COc1nc(C)c(-c2ccc3nc(NC(C)=O)cn3n2)cc1C(=O)NCc1cc(F)cc(F)c1OCC1CCC1. The summed E-state index contributed by atoms with van der Waals surface area (Å²) in [5.41, 5.74) is 2.43. The molecule has 4 aromatic rings. The molecule has 3 heterocycles. The van der Waals surface area contributed by atoms with Crippen LogP contribution in [0.5, 0.6) is 11.6 Å². The minimum atomic E-state index is -0.817. The molecule has 12 heteroatoms. The van der Waals surface area contributed by atoms with Crippen molar-refractivity contribution in [1.29, 1.82) is 0 Å². The highest BCUT2D eigenvalue weighted by Gasteiger charge is 2.22. The van der Waals surface area contributed by atoms with Crippen LogP contribution in [0, 0.1) is 24.5 Å². The van der Waals surface area contributed by atoms with E-state index >= 15 is 0 Å². The van der Waals surface area contributed by atoms with Crippen LogP contribution in [0.25, 0.3) is 16.9 Å². The summed E-state index contributed by atoms with van der Waals surface area (Å²) in [7, 11) is 1.39. The second kappa shape index (κ2) is 11.2. The highest BCUT2D eigenvalue weighted by atomic mass is 19.1. The van der Waals surface area contributed by atoms with Gasteiger partial charge in [-0.25, -0.2) is 23.3 Å². The Morgan fingerprint density at radius 2 is 1.95 bits per heavy atom. The van der Waals surface area contributed by atoms with Gasteiger partial charge in [0.15, 0.2) is 23.0 Å². The maximum Gasteiger partial charge on any atom is 0.257 e. The second-order valence-corrected chi connectivity index (χ2v) is 9.67. The van der Waals surface area contributed by atoms with Gasteiger partial charge in [0.05, 0.1) is 31.3 Å². The first-order valence-electron chi connectivity index (χ1n) is 12.8. The van der Waals surface area contributed by atoms with Crippen LogP contribution >= 0.6 is 0 Å². The lowest BCUT2D eigenvalue weighted by molar-refractivity contribution is -0.114. The van der Waals surface area contributed by atoms with Gasteiger partial charge in [0.25, 0.3) is 5.91 Å². The average molecular weight is 551 g/mol. The van der Waals surface area contributed by atoms with Crippen molar-refractivity contribution in [3.63, 3.8) is 0 Å². The lowest BCUT2D eigenvalue weighted by Gasteiger charge is -2.26. The van der Waals surface area contributed by atoms with Gasteiger partial charge in [0.1, 0.15) is 11.4 Å². The molecule has 1 aromatic carbocycles. The number of aryl methyl sites for hydroxylation is 1. The third kappa shape index (κ3) is 5.70. The van der Waals surface area contributed by atoms with Crippen molar-refractivity contribution in [3.05, 3.63) is 65.0 Å². The van der Waals surface area contributed by atoms with Gasteiger partial charge in [0.2, 0.25) is 11.8 Å². The number of hydrogen-bond acceptors (Lipinski definition) is 7. The Bertz CT molecular complexity index is 1600. The number of hydrogen-bond donors (Lipinski definition) is 2. The molecule has 3 aromatic heterocycles. The predicted octanol–water partition coefficient (Wildman–Crippen LogP) is 4.45. The van der Waals surface area contributed by atoms with Gasteiger partial charge in [-0.3, -0.25) is 9.59 Å². The number of halogens is 2. The van der Waals surface area contributed by atoms with Gasteiger partial charge in [0, 0.05) is 30.7 Å². The van der Waals surface area contributed by atoms with E-state index in [-0.39, 0.29) is 35.2 Å². The number of ether oxygens (including phenoxy) is 2. The average Bonchev–Trinajstić information content (AvgIpc) is 3.27. The van der Waals surface area contributed by atoms with Crippen LogP contribution < -0.4 is 20.1 Å². The molecule has 0 unspecified atom stereocenters. The van der Waals surface area contributed by atoms with Gasteiger partial charge in [-0.1, -0.05) is 6.42 Å². The molecule has 2 amide bonds. The van der Waals surface area contributed by atoms with Crippen molar-refractivity contribution in [2.45, 2.75) is 39.7 Å². The van der Waals surface area contributed by atoms with Crippen LogP contribution in [-0.2, 0) is 11.3 Å². The number of aromatic nitrogens is 4. The standard InChI is InChI=1S/C28H28F2N6O4/c1-15-20(23-7-8-25-34-24(33-16(2)37)13-36(25)35-23)11-21(28(32-15)39-3)27(38)31-12-18-9-19(29)10-22(30)26(18)40-14-17-5-4-6-17/h7-11,13,17H,4-6,12,14H2,1-3H3,(H,31,38)(H,33,37). The van der Waals surface area contributed by atoms with E-state index in [0.717, 1.165) is 31.4 Å².